The fraction of sp³-hybridized carbons (Fsp3) is 0.314. The lowest BCUT2D eigenvalue weighted by atomic mass is 9.33. The second-order valence-corrected chi connectivity index (χ2v) is 25.8. The Bertz CT molecular complexity index is 3750. The molecule has 13 rings (SSSR count). The Kier molecular flexibility index (Phi) is 9.35. The Balaban J connectivity index is 1.18. The van der Waals surface area contributed by atoms with Crippen LogP contribution in [-0.4, -0.2) is 6.71 Å². The minimum atomic E-state index is -2.41. The van der Waals surface area contributed by atoms with Crippen LogP contribution < -0.4 is 31.1 Å². The summed E-state index contributed by atoms with van der Waals surface area (Å²) in [4.78, 5) is 7.38. The summed E-state index contributed by atoms with van der Waals surface area (Å²) in [6, 6.07) is 56.6. The third-order valence-electron chi connectivity index (χ3n) is 18.9. The molecule has 4 heteroatoms. The maximum atomic E-state index is 9.38. The molecule has 0 amide bonds. The zero-order valence-electron chi connectivity index (χ0n) is 48.7. The normalized spacial score (nSPS) is 19.1. The largest absolute Gasteiger partial charge is 0.311 e. The molecule has 0 radical (unpaired) electrons. The van der Waals surface area contributed by atoms with Gasteiger partial charge in [0.2, 0.25) is 0 Å². The molecule has 2 aliphatic heterocycles. The Morgan fingerprint density at radius 2 is 1.00 bits per heavy atom. The van der Waals surface area contributed by atoms with Gasteiger partial charge in [-0.05, 0) is 201 Å². The number of aryl methyl sites for hydroxylation is 3. The van der Waals surface area contributed by atoms with Crippen molar-refractivity contribution in [2.75, 3.05) is 14.7 Å². The second kappa shape index (κ2) is 15.9. The number of para-hydroxylation sites is 2. The van der Waals surface area contributed by atoms with Crippen molar-refractivity contribution in [1.82, 2.24) is 0 Å². The molecule has 8 aromatic rings. The van der Waals surface area contributed by atoms with Crippen LogP contribution in [0.15, 0.2) is 152 Å². The summed E-state index contributed by atoms with van der Waals surface area (Å²) in [5, 5.41) is 0. The average molecular weight is 969 g/mol. The van der Waals surface area contributed by atoms with Crippen LogP contribution in [0.5, 0.6) is 0 Å². The summed E-state index contributed by atoms with van der Waals surface area (Å²) >= 11 is 0. The molecule has 3 aliphatic carbocycles. The smallest absolute Gasteiger partial charge is 0.252 e. The van der Waals surface area contributed by atoms with Crippen LogP contribution >= 0.6 is 0 Å². The summed E-state index contributed by atoms with van der Waals surface area (Å²) in [6.07, 6.45) is 4.40. The first-order valence-electron chi connectivity index (χ1n) is 28.8. The maximum Gasteiger partial charge on any atom is 0.252 e. The minimum Gasteiger partial charge on any atom is -0.311 e. The molecule has 2 heterocycles. The van der Waals surface area contributed by atoms with E-state index in [1.165, 1.54) is 66.6 Å². The number of fused-ring (bicyclic) bond motifs is 9. The highest BCUT2D eigenvalue weighted by Crippen LogP contribution is 2.57. The van der Waals surface area contributed by atoms with Gasteiger partial charge >= 0.3 is 0 Å². The topological polar surface area (TPSA) is 9.72 Å². The van der Waals surface area contributed by atoms with Gasteiger partial charge in [-0.3, -0.25) is 0 Å². The maximum absolute atomic E-state index is 9.38. The van der Waals surface area contributed by atoms with Gasteiger partial charge in [-0.1, -0.05) is 160 Å². The molecule has 0 aromatic heterocycles. The van der Waals surface area contributed by atoms with Crippen LogP contribution in [0.3, 0.4) is 0 Å². The lowest BCUT2D eigenvalue weighted by Gasteiger charge is -2.48. The zero-order chi connectivity index (χ0) is 54.1. The fourth-order valence-corrected chi connectivity index (χ4v) is 14.4. The van der Waals surface area contributed by atoms with Crippen molar-refractivity contribution < 1.29 is 4.11 Å². The fourth-order valence-electron chi connectivity index (χ4n) is 14.4. The molecular weight excluding hydrogens is 894 g/mol. The lowest BCUT2D eigenvalue weighted by Crippen LogP contribution is -2.62. The summed E-state index contributed by atoms with van der Waals surface area (Å²) in [5.41, 5.74) is 25.8. The second-order valence-electron chi connectivity index (χ2n) is 25.8. The monoisotopic (exact) mass is 969 g/mol. The van der Waals surface area contributed by atoms with E-state index in [4.69, 9.17) is 0 Å². The van der Waals surface area contributed by atoms with Crippen LogP contribution in [0.2, 0.25) is 0 Å². The highest BCUT2D eigenvalue weighted by atomic mass is 15.2. The number of nitrogens with zero attached hydrogens (tertiary/aromatic N) is 3. The number of benzene rings is 8. The van der Waals surface area contributed by atoms with Crippen molar-refractivity contribution in [3.8, 4) is 11.1 Å². The lowest BCUT2D eigenvalue weighted by molar-refractivity contribution is 0.332. The van der Waals surface area contributed by atoms with E-state index in [0.29, 0.717) is 5.56 Å². The molecule has 74 heavy (non-hydrogen) atoms. The Morgan fingerprint density at radius 3 is 1.65 bits per heavy atom. The van der Waals surface area contributed by atoms with E-state index in [-0.39, 0.29) is 33.8 Å². The van der Waals surface area contributed by atoms with Crippen LogP contribution in [-0.2, 0) is 27.1 Å². The number of hydrogen-bond acceptors (Lipinski definition) is 3. The molecule has 370 valence electrons. The van der Waals surface area contributed by atoms with Crippen molar-refractivity contribution in [3.63, 3.8) is 0 Å². The van der Waals surface area contributed by atoms with Gasteiger partial charge in [0, 0.05) is 60.6 Å². The number of rotatable bonds is 5. The van der Waals surface area contributed by atoms with Gasteiger partial charge in [-0.2, -0.15) is 0 Å². The highest BCUT2D eigenvalue weighted by Gasteiger charge is 2.48. The van der Waals surface area contributed by atoms with Crippen molar-refractivity contribution in [1.29, 1.82) is 0 Å². The number of anilines is 9. The first-order chi connectivity index (χ1) is 36.4. The van der Waals surface area contributed by atoms with Crippen molar-refractivity contribution >= 4 is 74.3 Å². The predicted molar refractivity (Wildman–Crippen MR) is 317 cm³/mol. The Morgan fingerprint density at radius 1 is 0.446 bits per heavy atom. The average Bonchev–Trinajstić information content (AvgIpc) is 3.87. The van der Waals surface area contributed by atoms with Gasteiger partial charge in [0.05, 0.1) is 5.69 Å². The van der Waals surface area contributed by atoms with Crippen molar-refractivity contribution in [2.24, 2.45) is 0 Å². The van der Waals surface area contributed by atoms with E-state index in [9.17, 15) is 4.11 Å². The molecule has 0 N–H and O–H groups in total. The molecule has 5 aliphatic rings. The Labute approximate surface area is 446 Å². The van der Waals surface area contributed by atoms with E-state index >= 15 is 0 Å². The zero-order valence-corrected chi connectivity index (χ0v) is 45.7. The van der Waals surface area contributed by atoms with Gasteiger partial charge in [-0.25, -0.2) is 0 Å². The molecule has 0 spiro atoms. The molecule has 0 saturated carbocycles. The van der Waals surface area contributed by atoms with E-state index in [1.54, 1.807) is 0 Å². The van der Waals surface area contributed by atoms with Crippen LogP contribution in [0.4, 0.5) is 51.2 Å². The first kappa shape index (κ1) is 43.6. The molecule has 3 nitrogen and oxygen atoms in total. The molecule has 0 unspecified atom stereocenters. The molecule has 0 fully saturated rings. The minimum absolute atomic E-state index is 0.0312. The summed E-state index contributed by atoms with van der Waals surface area (Å²) in [6.45, 7) is 25.8. The Hall–Kier alpha value is -6.78. The van der Waals surface area contributed by atoms with Crippen molar-refractivity contribution in [3.05, 3.63) is 202 Å². The SMILES string of the molecule is [2H]C([2H])([2H])c1cc2c3c(c1)N(c1cccc4c1-c1ccccc1C4(C)C)c1cc(N(c4ccccc4C)c4ccccc4C)ccc1B3c1cc3c(cc1N2c1ccc2c(c1)C(C)(C)CCC2(C)C)C(C)(C)CCC3(C)C. The summed E-state index contributed by atoms with van der Waals surface area (Å²) in [7, 11) is 0. The van der Waals surface area contributed by atoms with E-state index < -0.39 is 6.85 Å². The van der Waals surface area contributed by atoms with Crippen LogP contribution in [0.25, 0.3) is 11.1 Å². The predicted octanol–water partition coefficient (Wildman–Crippen LogP) is 17.2. The summed E-state index contributed by atoms with van der Waals surface area (Å²) in [5.74, 6) is 0. The molecule has 8 aromatic carbocycles. The van der Waals surface area contributed by atoms with Gasteiger partial charge in [0.15, 0.2) is 0 Å². The van der Waals surface area contributed by atoms with Gasteiger partial charge in [0.25, 0.3) is 6.71 Å². The van der Waals surface area contributed by atoms with Crippen LogP contribution in [0, 0.1) is 20.7 Å². The van der Waals surface area contributed by atoms with Gasteiger partial charge in [-0.15, -0.1) is 0 Å². The first-order valence-corrected chi connectivity index (χ1v) is 27.3. The third-order valence-corrected chi connectivity index (χ3v) is 18.9. The molecule has 0 saturated heterocycles. The quantitative estimate of drug-likeness (QED) is 0.159. The summed E-state index contributed by atoms with van der Waals surface area (Å²) < 4.78 is 28.2. The molecule has 0 bridgehead atoms. The van der Waals surface area contributed by atoms with Gasteiger partial charge < -0.3 is 14.7 Å². The number of hydrogen-bond donors (Lipinski definition) is 0. The third kappa shape index (κ3) is 6.71. The molecule has 0 atom stereocenters. The van der Waals surface area contributed by atoms with Gasteiger partial charge in [0.1, 0.15) is 0 Å². The molecular formula is C70H72BN3. The van der Waals surface area contributed by atoms with E-state index in [1.807, 2.05) is 12.1 Å². The highest BCUT2D eigenvalue weighted by molar-refractivity contribution is 7.00. The van der Waals surface area contributed by atoms with E-state index in [2.05, 4.69) is 237 Å². The van der Waals surface area contributed by atoms with Crippen LogP contribution in [0.1, 0.15) is 149 Å². The standard InChI is InChI=1S/C70H72BN3/c1-43-37-62-65-63(38-43)74(59-28-20-25-51-64(59)48-23-16-17-24-49(48)70(51,12)13)60-40-47(72(57-26-18-14-21-44(57)2)58-27-19-15-22-45(58)3)30-32-55(60)71(65)56-41-53-54(69(10,11)36-35-68(53,8)9)42-61(56)73(62)46-29-31-50-52(39-46)67(6,7)34-33-66(50,4)5/h14-32,37-42H,33-36H2,1-13H3/i1D3. The van der Waals surface area contributed by atoms with Crippen molar-refractivity contribution in [2.45, 2.75) is 143 Å². The van der Waals surface area contributed by atoms with E-state index in [0.717, 1.165) is 82.3 Å².